The molecule has 2 aromatic rings. The molecule has 7 heteroatoms. The lowest BCUT2D eigenvalue weighted by Gasteiger charge is -2.01. The highest BCUT2D eigenvalue weighted by Gasteiger charge is 2.09. The van der Waals surface area contributed by atoms with Gasteiger partial charge in [0.1, 0.15) is 0 Å². The maximum Gasteiger partial charge on any atom is 0.415 e. The first kappa shape index (κ1) is 14.7. The summed E-state index contributed by atoms with van der Waals surface area (Å²) in [5, 5.41) is 11.0. The number of carbonyl (C=O) groups is 1. The lowest BCUT2D eigenvalue weighted by molar-refractivity contribution is 0.192. The van der Waals surface area contributed by atoms with Crippen molar-refractivity contribution in [1.82, 2.24) is 15.3 Å². The number of nitrogens with one attached hydrogen (secondary N) is 2. The molecule has 0 spiro atoms. The van der Waals surface area contributed by atoms with Crippen LogP contribution in [0, 0.1) is 0 Å². The Morgan fingerprint density at radius 1 is 1.55 bits per heavy atom. The molecule has 0 atom stereocenters. The van der Waals surface area contributed by atoms with E-state index in [1.807, 2.05) is 18.2 Å². The van der Waals surface area contributed by atoms with Gasteiger partial charge in [0.2, 0.25) is 0 Å². The number of aliphatic hydroxyl groups excluding tert-OH is 1. The van der Waals surface area contributed by atoms with Crippen molar-refractivity contribution in [1.29, 1.82) is 0 Å². The fourth-order valence-electron chi connectivity index (χ4n) is 1.61. The maximum absolute atomic E-state index is 11.3. The summed E-state index contributed by atoms with van der Waals surface area (Å²) < 4.78 is 4.99. The van der Waals surface area contributed by atoms with Crippen LogP contribution in [0.3, 0.4) is 0 Å². The second kappa shape index (κ2) is 7.16. The van der Waals surface area contributed by atoms with Crippen LogP contribution >= 0.6 is 11.8 Å². The van der Waals surface area contributed by atoms with Crippen LogP contribution in [0.1, 0.15) is 13.3 Å². The summed E-state index contributed by atoms with van der Waals surface area (Å²) in [5.74, 6) is 1.06. The van der Waals surface area contributed by atoms with Gasteiger partial charge < -0.3 is 20.1 Å². The van der Waals surface area contributed by atoms with Crippen LogP contribution in [-0.4, -0.2) is 40.1 Å². The zero-order valence-electron chi connectivity index (χ0n) is 11.2. The Labute approximate surface area is 120 Å². The van der Waals surface area contributed by atoms with Crippen molar-refractivity contribution in [2.75, 3.05) is 18.9 Å². The summed E-state index contributed by atoms with van der Waals surface area (Å²) in [4.78, 5) is 19.6. The Hall–Kier alpha value is -1.73. The number of ether oxygens (including phenoxy) is 1. The second-order valence-corrected chi connectivity index (χ2v) is 5.28. The minimum Gasteiger partial charge on any atom is -0.395 e. The van der Waals surface area contributed by atoms with Gasteiger partial charge >= 0.3 is 12.1 Å². The summed E-state index contributed by atoms with van der Waals surface area (Å²) in [7, 11) is 0. The number of thioether (sulfide) groups is 1. The van der Waals surface area contributed by atoms with E-state index in [4.69, 9.17) is 9.84 Å². The number of rotatable bonds is 6. The molecule has 0 radical (unpaired) electrons. The van der Waals surface area contributed by atoms with Crippen molar-refractivity contribution in [3.8, 4) is 6.01 Å². The normalized spacial score (nSPS) is 10.7. The average molecular weight is 295 g/mol. The molecule has 108 valence electrons. The largest absolute Gasteiger partial charge is 0.415 e. The number of fused-ring (bicyclic) bond motifs is 1. The van der Waals surface area contributed by atoms with Crippen LogP contribution in [0.4, 0.5) is 4.79 Å². The van der Waals surface area contributed by atoms with Crippen LogP contribution in [0.2, 0.25) is 0 Å². The van der Waals surface area contributed by atoms with Gasteiger partial charge in [-0.25, -0.2) is 4.79 Å². The lowest BCUT2D eigenvalue weighted by Crippen LogP contribution is -2.29. The van der Waals surface area contributed by atoms with Gasteiger partial charge in [0.25, 0.3) is 0 Å². The summed E-state index contributed by atoms with van der Waals surface area (Å²) >= 11 is 1.77. The number of hydrogen-bond donors (Lipinski definition) is 3. The van der Waals surface area contributed by atoms with E-state index in [0.29, 0.717) is 0 Å². The van der Waals surface area contributed by atoms with E-state index in [1.165, 1.54) is 0 Å². The molecule has 0 unspecified atom stereocenters. The fourth-order valence-corrected chi connectivity index (χ4v) is 2.41. The number of nitrogens with zero attached hydrogens (tertiary/aromatic N) is 1. The minimum absolute atomic E-state index is 0.132. The molecule has 1 amide bonds. The molecule has 0 aliphatic heterocycles. The monoisotopic (exact) mass is 295 g/mol. The number of hydrogen-bond acceptors (Lipinski definition) is 5. The van der Waals surface area contributed by atoms with E-state index >= 15 is 0 Å². The predicted molar refractivity (Wildman–Crippen MR) is 78.2 cm³/mol. The smallest absolute Gasteiger partial charge is 0.395 e. The number of aromatic amines is 1. The van der Waals surface area contributed by atoms with Crippen LogP contribution in [0.15, 0.2) is 23.1 Å². The van der Waals surface area contributed by atoms with Crippen molar-refractivity contribution < 1.29 is 14.6 Å². The minimum atomic E-state index is -0.640. The third-order valence-corrected chi connectivity index (χ3v) is 3.67. The first-order chi connectivity index (χ1) is 9.72. The van der Waals surface area contributed by atoms with Gasteiger partial charge in [-0.2, -0.15) is 4.98 Å². The Morgan fingerprint density at radius 3 is 3.15 bits per heavy atom. The van der Waals surface area contributed by atoms with Gasteiger partial charge in [0, 0.05) is 11.4 Å². The molecule has 0 aliphatic rings. The van der Waals surface area contributed by atoms with E-state index in [0.717, 1.165) is 28.1 Å². The Balaban J connectivity index is 2.06. The van der Waals surface area contributed by atoms with Gasteiger partial charge in [0.05, 0.1) is 17.6 Å². The number of imidazole rings is 1. The average Bonchev–Trinajstić information content (AvgIpc) is 2.84. The van der Waals surface area contributed by atoms with Crippen LogP contribution in [0.5, 0.6) is 6.01 Å². The van der Waals surface area contributed by atoms with E-state index in [2.05, 4.69) is 22.2 Å². The lowest BCUT2D eigenvalue weighted by atomic mass is 10.3. The number of H-pyrrole nitrogens is 1. The van der Waals surface area contributed by atoms with Gasteiger partial charge in [-0.05, 0) is 30.4 Å². The standard InChI is InChI=1S/C13H17N3O3S/c1-2-7-20-9-3-4-10-11(8-9)16-12(15-10)19-13(18)14-5-6-17/h3-4,8,17H,2,5-7H2,1H3,(H,14,18)(H,15,16). The first-order valence-corrected chi connectivity index (χ1v) is 7.40. The Kier molecular flexibility index (Phi) is 5.25. The molecule has 20 heavy (non-hydrogen) atoms. The van der Waals surface area contributed by atoms with Crippen LogP contribution in [0.25, 0.3) is 11.0 Å². The summed E-state index contributed by atoms with van der Waals surface area (Å²) in [6.07, 6.45) is 0.476. The molecule has 0 saturated heterocycles. The third-order valence-electron chi connectivity index (χ3n) is 2.47. The fraction of sp³-hybridized carbons (Fsp3) is 0.385. The number of benzene rings is 1. The van der Waals surface area contributed by atoms with Gasteiger partial charge in [-0.3, -0.25) is 0 Å². The molecular formula is C13H17N3O3S. The van der Waals surface area contributed by atoms with Crippen molar-refractivity contribution in [3.05, 3.63) is 18.2 Å². The molecular weight excluding hydrogens is 278 g/mol. The molecule has 1 heterocycles. The summed E-state index contributed by atoms with van der Waals surface area (Å²) in [6.45, 7) is 2.16. The van der Waals surface area contributed by atoms with Crippen molar-refractivity contribution in [2.45, 2.75) is 18.2 Å². The third kappa shape index (κ3) is 3.88. The number of carbonyl (C=O) groups excluding carboxylic acids is 1. The molecule has 1 aromatic heterocycles. The van der Waals surface area contributed by atoms with Gasteiger partial charge in [-0.15, -0.1) is 11.8 Å². The SMILES string of the molecule is CCCSc1ccc2nc(OC(=O)NCCO)[nH]c2c1. The number of amides is 1. The molecule has 0 aliphatic carbocycles. The van der Waals surface area contributed by atoms with Gasteiger partial charge in [-0.1, -0.05) is 6.92 Å². The highest BCUT2D eigenvalue weighted by molar-refractivity contribution is 7.99. The second-order valence-electron chi connectivity index (χ2n) is 4.11. The summed E-state index contributed by atoms with van der Waals surface area (Å²) in [5.41, 5.74) is 1.58. The molecule has 6 nitrogen and oxygen atoms in total. The van der Waals surface area contributed by atoms with Gasteiger partial charge in [0.15, 0.2) is 0 Å². The molecule has 0 saturated carbocycles. The Bertz CT molecular complexity index is 585. The zero-order chi connectivity index (χ0) is 14.4. The molecule has 1 aromatic carbocycles. The maximum atomic E-state index is 11.3. The predicted octanol–water partition coefficient (Wildman–Crippen LogP) is 2.15. The highest BCUT2D eigenvalue weighted by Crippen LogP contribution is 2.24. The molecule has 0 bridgehead atoms. The highest BCUT2D eigenvalue weighted by atomic mass is 32.2. The number of aliphatic hydroxyl groups is 1. The van der Waals surface area contributed by atoms with E-state index in [9.17, 15) is 4.79 Å². The van der Waals surface area contributed by atoms with Crippen LogP contribution in [-0.2, 0) is 0 Å². The summed E-state index contributed by atoms with van der Waals surface area (Å²) in [6, 6.07) is 6.02. The van der Waals surface area contributed by atoms with Crippen molar-refractivity contribution in [2.24, 2.45) is 0 Å². The molecule has 0 fully saturated rings. The van der Waals surface area contributed by atoms with E-state index < -0.39 is 6.09 Å². The Morgan fingerprint density at radius 2 is 2.40 bits per heavy atom. The quantitative estimate of drug-likeness (QED) is 0.711. The van der Waals surface area contributed by atoms with E-state index in [1.54, 1.807) is 11.8 Å². The van der Waals surface area contributed by atoms with Crippen molar-refractivity contribution in [3.63, 3.8) is 0 Å². The van der Waals surface area contributed by atoms with Crippen LogP contribution < -0.4 is 10.1 Å². The molecule has 3 N–H and O–H groups in total. The topological polar surface area (TPSA) is 87.2 Å². The molecule has 2 rings (SSSR count). The zero-order valence-corrected chi connectivity index (χ0v) is 12.0. The van der Waals surface area contributed by atoms with E-state index in [-0.39, 0.29) is 19.2 Å². The first-order valence-electron chi connectivity index (χ1n) is 6.42. The van der Waals surface area contributed by atoms with Crippen molar-refractivity contribution >= 4 is 28.9 Å². The number of aromatic nitrogens is 2.